The number of aryl methyl sites for hydroxylation is 1. The summed E-state index contributed by atoms with van der Waals surface area (Å²) in [5.41, 5.74) is 0.319. The number of halogens is 2. The lowest BCUT2D eigenvalue weighted by Crippen LogP contribution is -2.27. The molecule has 2 aliphatic rings. The van der Waals surface area contributed by atoms with Crippen molar-refractivity contribution < 1.29 is 16.4 Å². The van der Waals surface area contributed by atoms with Crippen molar-refractivity contribution in [2.24, 2.45) is 23.7 Å². The lowest BCUT2D eigenvalue weighted by atomic mass is 9.69. The first-order valence-electron chi connectivity index (χ1n) is 10.3. The minimum absolute atomic E-state index is 0. The number of ether oxygens (including phenoxy) is 1. The van der Waals surface area contributed by atoms with E-state index in [9.17, 15) is 8.78 Å². The van der Waals surface area contributed by atoms with Crippen LogP contribution in [0.1, 0.15) is 66.7 Å². The van der Waals surface area contributed by atoms with E-state index >= 15 is 0 Å². The van der Waals surface area contributed by atoms with Crippen molar-refractivity contribution in [1.82, 2.24) is 0 Å². The fraction of sp³-hybridized carbons (Fsp3) is 0.652. The van der Waals surface area contributed by atoms with Crippen LogP contribution in [0.2, 0.25) is 0 Å². The van der Waals surface area contributed by atoms with E-state index in [1.54, 1.807) is 19.1 Å². The lowest BCUT2D eigenvalue weighted by molar-refractivity contribution is 0.127. The Balaban J connectivity index is 0.00000196. The smallest absolute Gasteiger partial charge is 0.200 e. The number of hydrogen-bond acceptors (Lipinski definition) is 1. The predicted molar refractivity (Wildman–Crippen MR) is 107 cm³/mol. The van der Waals surface area contributed by atoms with Gasteiger partial charge in [-0.1, -0.05) is 18.2 Å². The van der Waals surface area contributed by atoms with Crippen LogP contribution in [0.5, 0.6) is 5.75 Å². The van der Waals surface area contributed by atoms with Gasteiger partial charge in [-0.2, -0.15) is 4.39 Å². The Morgan fingerprint density at radius 2 is 1.58 bits per heavy atom. The van der Waals surface area contributed by atoms with Crippen molar-refractivity contribution in [3.05, 3.63) is 41.5 Å². The van der Waals surface area contributed by atoms with Crippen LogP contribution >= 0.6 is 0 Å². The number of benzene rings is 1. The molecule has 0 heterocycles. The summed E-state index contributed by atoms with van der Waals surface area (Å²) in [7, 11) is 0. The minimum atomic E-state index is -0.850. The van der Waals surface area contributed by atoms with Gasteiger partial charge in [-0.15, -0.1) is 0 Å². The molecular formula is C23H36F2O. The molecule has 2 saturated carbocycles. The molecule has 0 radical (unpaired) electrons. The predicted octanol–water partition coefficient (Wildman–Crippen LogP) is 7.33. The quantitative estimate of drug-likeness (QED) is 0.496. The Morgan fingerprint density at radius 3 is 2.19 bits per heavy atom. The summed E-state index contributed by atoms with van der Waals surface area (Å²) in [5.74, 6) is 1.42. The second-order valence-electron chi connectivity index (χ2n) is 8.30. The van der Waals surface area contributed by atoms with Crippen molar-refractivity contribution in [2.75, 3.05) is 6.61 Å². The third kappa shape index (κ3) is 4.66. The van der Waals surface area contributed by atoms with E-state index in [4.69, 9.17) is 4.74 Å². The molecule has 0 aromatic heterocycles. The summed E-state index contributed by atoms with van der Waals surface area (Å²) in [5, 5.41) is 0. The maximum atomic E-state index is 13.9. The summed E-state index contributed by atoms with van der Waals surface area (Å²) < 4.78 is 33.1. The van der Waals surface area contributed by atoms with Crippen molar-refractivity contribution in [3.63, 3.8) is 0 Å². The first kappa shape index (κ1) is 19.4. The molecule has 26 heavy (non-hydrogen) atoms. The number of hydrogen-bond donors (Lipinski definition) is 0. The van der Waals surface area contributed by atoms with Crippen LogP contribution in [0.4, 0.5) is 8.78 Å². The third-order valence-electron chi connectivity index (χ3n) is 6.55. The zero-order valence-corrected chi connectivity index (χ0v) is 16.1. The molecule has 0 aliphatic heterocycles. The maximum absolute atomic E-state index is 13.9. The Morgan fingerprint density at radius 1 is 0.962 bits per heavy atom. The monoisotopic (exact) mass is 366 g/mol. The molecule has 1 nitrogen and oxygen atoms in total. The van der Waals surface area contributed by atoms with Gasteiger partial charge in [0.1, 0.15) is 0 Å². The highest BCUT2D eigenvalue weighted by Gasteiger charge is 2.30. The molecule has 1 aromatic rings. The second kappa shape index (κ2) is 9.01. The summed E-state index contributed by atoms with van der Waals surface area (Å²) in [6.07, 6.45) is 14.8. The van der Waals surface area contributed by atoms with E-state index in [0.29, 0.717) is 18.1 Å². The van der Waals surface area contributed by atoms with Gasteiger partial charge >= 0.3 is 0 Å². The molecule has 2 fully saturated rings. The molecule has 148 valence electrons. The zero-order valence-electron chi connectivity index (χ0n) is 16.1. The maximum Gasteiger partial charge on any atom is 0.200 e. The molecule has 0 atom stereocenters. The molecule has 0 N–H and O–H groups in total. The summed E-state index contributed by atoms with van der Waals surface area (Å²) in [4.78, 5) is 0. The van der Waals surface area contributed by atoms with E-state index < -0.39 is 11.6 Å². The Bertz CT molecular complexity index is 619. The van der Waals surface area contributed by atoms with Crippen LogP contribution in [-0.4, -0.2) is 6.61 Å². The van der Waals surface area contributed by atoms with Crippen LogP contribution in [0, 0.1) is 42.2 Å². The molecule has 3 heteroatoms. The molecular weight excluding hydrogens is 330 g/mol. The van der Waals surface area contributed by atoms with Gasteiger partial charge < -0.3 is 4.74 Å². The molecule has 0 unspecified atom stereocenters. The largest absolute Gasteiger partial charge is 0.490 e. The van der Waals surface area contributed by atoms with E-state index in [1.807, 2.05) is 0 Å². The molecule has 0 saturated heterocycles. The van der Waals surface area contributed by atoms with Gasteiger partial charge in [0.05, 0.1) is 6.61 Å². The highest BCUT2D eigenvalue weighted by atomic mass is 19.2. The molecule has 0 amide bonds. The number of allylic oxidation sites excluding steroid dienone is 2. The highest BCUT2D eigenvalue weighted by molar-refractivity contribution is 5.30. The van der Waals surface area contributed by atoms with E-state index in [1.165, 1.54) is 38.5 Å². The average molecular weight is 367 g/mol. The Hall–Kier alpha value is -1.38. The normalized spacial score (nSPS) is 29.8. The van der Waals surface area contributed by atoms with Gasteiger partial charge in [0, 0.05) is 2.85 Å². The molecule has 0 bridgehead atoms. The number of rotatable bonds is 5. The third-order valence-corrected chi connectivity index (χ3v) is 6.55. The highest BCUT2D eigenvalue weighted by Crippen LogP contribution is 2.41. The first-order valence-corrected chi connectivity index (χ1v) is 10.3. The van der Waals surface area contributed by atoms with E-state index in [0.717, 1.165) is 30.6 Å². The average Bonchev–Trinajstić information content (AvgIpc) is 2.67. The van der Waals surface area contributed by atoms with Crippen LogP contribution in [0.3, 0.4) is 0 Å². The van der Waals surface area contributed by atoms with E-state index in [2.05, 4.69) is 19.1 Å². The van der Waals surface area contributed by atoms with Gasteiger partial charge in [-0.3, -0.25) is 0 Å². The summed E-state index contributed by atoms with van der Waals surface area (Å²) in [6.45, 7) is 4.18. The van der Waals surface area contributed by atoms with Gasteiger partial charge in [0.15, 0.2) is 11.6 Å². The molecule has 1 aromatic carbocycles. The fourth-order valence-electron chi connectivity index (χ4n) is 4.85. The summed E-state index contributed by atoms with van der Waals surface area (Å²) >= 11 is 0. The zero-order chi connectivity index (χ0) is 18.5. The van der Waals surface area contributed by atoms with Gasteiger partial charge in [0.2, 0.25) is 5.82 Å². The SMILES string of the molecule is C/C=C/C1CCC(C2CCC(COc3ccc(C)c(F)c3F)CC2)CC1.[HH].[HH]. The van der Waals surface area contributed by atoms with Crippen LogP contribution in [0.25, 0.3) is 0 Å². The topological polar surface area (TPSA) is 9.23 Å². The van der Waals surface area contributed by atoms with Crippen LogP contribution < -0.4 is 4.74 Å². The van der Waals surface area contributed by atoms with Crippen LogP contribution in [0.15, 0.2) is 24.3 Å². The Kier molecular flexibility index (Phi) is 6.72. The molecule has 3 rings (SSSR count). The second-order valence-corrected chi connectivity index (χ2v) is 8.30. The molecule has 2 aliphatic carbocycles. The van der Waals surface area contributed by atoms with Crippen molar-refractivity contribution >= 4 is 0 Å². The van der Waals surface area contributed by atoms with Gasteiger partial charge in [-0.25, -0.2) is 4.39 Å². The van der Waals surface area contributed by atoms with Gasteiger partial charge in [0.25, 0.3) is 0 Å². The Labute approximate surface area is 159 Å². The molecule has 0 spiro atoms. The standard InChI is InChI=1S/C23H32F2O.2H2/c1-3-4-17-6-10-19(11-7-17)20-12-8-18(9-13-20)15-26-21-14-5-16(2)22(24)23(21)25;;/h3-5,14,17-20H,6-13,15H2,1-2H3;2*1H/b4-3+;;. The minimum Gasteiger partial charge on any atom is -0.490 e. The van der Waals surface area contributed by atoms with Crippen LogP contribution in [-0.2, 0) is 0 Å². The van der Waals surface area contributed by atoms with Crippen molar-refractivity contribution in [2.45, 2.75) is 65.2 Å². The fourth-order valence-corrected chi connectivity index (χ4v) is 4.85. The lowest BCUT2D eigenvalue weighted by Gasteiger charge is -2.37. The van der Waals surface area contributed by atoms with Gasteiger partial charge in [-0.05, 0) is 101 Å². The first-order chi connectivity index (χ1) is 12.6. The van der Waals surface area contributed by atoms with Crippen molar-refractivity contribution in [3.8, 4) is 5.75 Å². The van der Waals surface area contributed by atoms with E-state index in [-0.39, 0.29) is 8.60 Å². The summed E-state index contributed by atoms with van der Waals surface area (Å²) in [6, 6.07) is 3.12. The van der Waals surface area contributed by atoms with Crippen molar-refractivity contribution in [1.29, 1.82) is 0 Å².